The number of hydrogen-bond acceptors (Lipinski definition) is 3. The first kappa shape index (κ1) is 20.6. The average Bonchev–Trinajstić information content (AvgIpc) is 3.08. The van der Waals surface area contributed by atoms with Gasteiger partial charge in [0.1, 0.15) is 11.1 Å². The van der Waals surface area contributed by atoms with Crippen molar-refractivity contribution in [2.75, 3.05) is 18.5 Å². The first-order chi connectivity index (χ1) is 12.1. The molecule has 1 aromatic rings. The highest BCUT2D eigenvalue weighted by Gasteiger charge is 2.60. The van der Waals surface area contributed by atoms with Crippen LogP contribution in [0.3, 0.4) is 0 Å². The lowest BCUT2D eigenvalue weighted by Gasteiger charge is -2.11. The third-order valence-corrected chi connectivity index (χ3v) is 5.23. The van der Waals surface area contributed by atoms with E-state index in [4.69, 9.17) is 27.9 Å². The molecular weight excluding hydrogens is 375 g/mol. The maximum Gasteiger partial charge on any atom is 0.411 e. The lowest BCUT2D eigenvalue weighted by Crippen LogP contribution is -2.31. The van der Waals surface area contributed by atoms with Crippen molar-refractivity contribution in [3.63, 3.8) is 0 Å². The van der Waals surface area contributed by atoms with E-state index in [0.29, 0.717) is 5.69 Å². The number of halogens is 2. The second-order valence-electron chi connectivity index (χ2n) is 7.08. The molecule has 0 aliphatic heterocycles. The van der Waals surface area contributed by atoms with Gasteiger partial charge in [0.2, 0.25) is 5.91 Å². The minimum Gasteiger partial charge on any atom is -0.447 e. The van der Waals surface area contributed by atoms with E-state index in [0.717, 1.165) is 11.1 Å². The van der Waals surface area contributed by atoms with Crippen LogP contribution in [0, 0.1) is 31.1 Å². The summed E-state index contributed by atoms with van der Waals surface area (Å²) in [6.07, 6.45) is 1.15. The molecule has 0 aromatic heterocycles. The minimum absolute atomic E-state index is 0.0148. The molecule has 0 radical (unpaired) electrons. The average molecular weight is 399 g/mol. The number of carbonyl (C=O) groups excluding carboxylic acids is 2. The molecule has 1 aromatic carbocycles. The van der Waals surface area contributed by atoms with Crippen molar-refractivity contribution < 1.29 is 14.3 Å². The smallest absolute Gasteiger partial charge is 0.411 e. The molecule has 1 aliphatic carbocycles. The number of amides is 2. The van der Waals surface area contributed by atoms with E-state index in [1.807, 2.05) is 45.9 Å². The van der Waals surface area contributed by atoms with Crippen LogP contribution in [0.15, 0.2) is 28.8 Å². The van der Waals surface area contributed by atoms with Gasteiger partial charge < -0.3 is 10.1 Å². The van der Waals surface area contributed by atoms with Crippen molar-refractivity contribution in [1.82, 2.24) is 5.32 Å². The number of rotatable bonds is 6. The zero-order valence-electron chi connectivity index (χ0n) is 15.4. The monoisotopic (exact) mass is 398 g/mol. The normalized spacial score (nSPS) is 20.1. The molecule has 5 nitrogen and oxygen atoms in total. The predicted octanol–water partition coefficient (Wildman–Crippen LogP) is 4.56. The highest BCUT2D eigenvalue weighted by Crippen LogP contribution is 2.59. The van der Waals surface area contributed by atoms with Gasteiger partial charge in [-0.05, 0) is 48.4 Å². The number of benzene rings is 1. The summed E-state index contributed by atoms with van der Waals surface area (Å²) in [5.41, 5.74) is 2.61. The van der Waals surface area contributed by atoms with E-state index < -0.39 is 6.09 Å². The summed E-state index contributed by atoms with van der Waals surface area (Å²) in [7, 11) is 0. The molecule has 0 bridgehead atoms. The summed E-state index contributed by atoms with van der Waals surface area (Å²) in [6, 6.07) is 5.66. The lowest BCUT2D eigenvalue weighted by atomic mass is 10.1. The van der Waals surface area contributed by atoms with Crippen LogP contribution in [0.4, 0.5) is 10.5 Å². The molecule has 0 heterocycles. The summed E-state index contributed by atoms with van der Waals surface area (Å²) in [5.74, 6) is -0.260. The summed E-state index contributed by atoms with van der Waals surface area (Å²) in [5, 5.41) is 5.49. The van der Waals surface area contributed by atoms with Crippen molar-refractivity contribution in [3.05, 3.63) is 39.9 Å². The molecule has 2 amide bonds. The van der Waals surface area contributed by atoms with Crippen LogP contribution >= 0.6 is 23.2 Å². The van der Waals surface area contributed by atoms with Crippen LogP contribution in [-0.4, -0.2) is 25.2 Å². The molecule has 0 spiro atoms. The van der Waals surface area contributed by atoms with E-state index in [-0.39, 0.29) is 40.8 Å². The second kappa shape index (κ2) is 8.31. The minimum atomic E-state index is -0.547. The fraction of sp³-hybridized carbons (Fsp3) is 0.474. The Morgan fingerprint density at radius 3 is 2.62 bits per heavy atom. The van der Waals surface area contributed by atoms with Crippen molar-refractivity contribution in [2.45, 2.75) is 27.7 Å². The van der Waals surface area contributed by atoms with E-state index in [9.17, 15) is 9.59 Å². The molecule has 26 heavy (non-hydrogen) atoms. The Labute approximate surface area is 164 Å². The van der Waals surface area contributed by atoms with Crippen LogP contribution in [0.25, 0.3) is 0 Å². The fourth-order valence-corrected chi connectivity index (χ4v) is 3.36. The number of nitrogens with one attached hydrogen (secondary N) is 2. The molecule has 1 aliphatic rings. The Hall–Kier alpha value is -1.72. The molecule has 1 saturated carbocycles. The van der Waals surface area contributed by atoms with Crippen molar-refractivity contribution in [3.8, 4) is 0 Å². The van der Waals surface area contributed by atoms with Crippen molar-refractivity contribution in [2.24, 2.45) is 17.3 Å². The molecular formula is C19H24Cl2N2O3. The summed E-state index contributed by atoms with van der Waals surface area (Å²) < 4.78 is 5.29. The number of allylic oxidation sites excluding steroid dienone is 1. The zero-order valence-corrected chi connectivity index (χ0v) is 16.9. The van der Waals surface area contributed by atoms with Gasteiger partial charge in [0.25, 0.3) is 0 Å². The summed E-state index contributed by atoms with van der Waals surface area (Å²) >= 11 is 11.4. The topological polar surface area (TPSA) is 67.4 Å². The maximum absolute atomic E-state index is 12.2. The van der Waals surface area contributed by atoms with Crippen LogP contribution in [0.5, 0.6) is 0 Å². The van der Waals surface area contributed by atoms with Gasteiger partial charge in [0.05, 0.1) is 12.5 Å². The van der Waals surface area contributed by atoms with Gasteiger partial charge in [-0.1, -0.05) is 49.2 Å². The molecule has 2 atom stereocenters. The van der Waals surface area contributed by atoms with Crippen molar-refractivity contribution in [1.29, 1.82) is 0 Å². The van der Waals surface area contributed by atoms with Crippen LogP contribution in [0.2, 0.25) is 0 Å². The number of anilines is 1. The Balaban J connectivity index is 1.73. The highest BCUT2D eigenvalue weighted by atomic mass is 35.5. The third-order valence-electron chi connectivity index (χ3n) is 4.97. The van der Waals surface area contributed by atoms with E-state index in [1.165, 1.54) is 0 Å². The first-order valence-corrected chi connectivity index (χ1v) is 9.20. The van der Waals surface area contributed by atoms with Crippen LogP contribution in [0.1, 0.15) is 25.0 Å². The third kappa shape index (κ3) is 4.92. The Kier molecular flexibility index (Phi) is 6.58. The summed E-state index contributed by atoms with van der Waals surface area (Å²) in [6.45, 7) is 8.22. The van der Waals surface area contributed by atoms with Gasteiger partial charge in [0, 0.05) is 5.69 Å². The number of aryl methyl sites for hydroxylation is 1. The largest absolute Gasteiger partial charge is 0.447 e. The SMILES string of the molecule is Cc1cccc(NC(=O)OCCNC(=O)[C@@H]2[C@@H](C=C(Cl)Cl)C2(C)C)c1C. The second-order valence-corrected chi connectivity index (χ2v) is 8.09. The Morgan fingerprint density at radius 2 is 1.96 bits per heavy atom. The standard InChI is InChI=1S/C19H24Cl2N2O3/c1-11-6-5-7-14(12(11)2)23-18(25)26-9-8-22-17(24)16-13(10-15(20)21)19(16,3)4/h5-7,10,13,16H,8-9H2,1-4H3,(H,22,24)(H,23,25)/t13-,16+/m1/s1. The number of hydrogen-bond donors (Lipinski definition) is 2. The van der Waals surface area contributed by atoms with Crippen molar-refractivity contribution >= 4 is 40.9 Å². The maximum atomic E-state index is 12.2. The van der Waals surface area contributed by atoms with E-state index in [2.05, 4.69) is 10.6 Å². The molecule has 7 heteroatoms. The first-order valence-electron chi connectivity index (χ1n) is 8.45. The molecule has 1 fully saturated rings. The van der Waals surface area contributed by atoms with Gasteiger partial charge in [0.15, 0.2) is 0 Å². The van der Waals surface area contributed by atoms with Gasteiger partial charge in [-0.3, -0.25) is 10.1 Å². The molecule has 2 N–H and O–H groups in total. The molecule has 0 unspecified atom stereocenters. The Morgan fingerprint density at radius 1 is 1.27 bits per heavy atom. The predicted molar refractivity (Wildman–Crippen MR) is 104 cm³/mol. The fourth-order valence-electron chi connectivity index (χ4n) is 3.09. The quantitative estimate of drug-likeness (QED) is 0.690. The highest BCUT2D eigenvalue weighted by molar-refractivity contribution is 6.55. The van der Waals surface area contributed by atoms with Gasteiger partial charge in [-0.2, -0.15) is 0 Å². The van der Waals surface area contributed by atoms with Crippen LogP contribution < -0.4 is 10.6 Å². The van der Waals surface area contributed by atoms with Gasteiger partial charge in [-0.25, -0.2) is 4.79 Å². The lowest BCUT2D eigenvalue weighted by molar-refractivity contribution is -0.123. The van der Waals surface area contributed by atoms with Crippen LogP contribution in [-0.2, 0) is 9.53 Å². The number of carbonyl (C=O) groups is 2. The summed E-state index contributed by atoms with van der Waals surface area (Å²) in [4.78, 5) is 24.1. The zero-order chi connectivity index (χ0) is 19.5. The van der Waals surface area contributed by atoms with Gasteiger partial charge in [-0.15, -0.1) is 0 Å². The molecule has 142 valence electrons. The Bertz CT molecular complexity index is 727. The number of ether oxygens (including phenoxy) is 1. The molecule has 0 saturated heterocycles. The molecule has 2 rings (SSSR count). The van der Waals surface area contributed by atoms with E-state index >= 15 is 0 Å². The van der Waals surface area contributed by atoms with Gasteiger partial charge >= 0.3 is 6.09 Å². The van der Waals surface area contributed by atoms with E-state index in [1.54, 1.807) is 6.08 Å².